The molecule has 0 bridgehead atoms. The van der Waals surface area contributed by atoms with E-state index >= 15 is 0 Å². The molecule has 1 atom stereocenters. The minimum Gasteiger partial charge on any atom is -0.378 e. The minimum atomic E-state index is -0.976. The number of anilines is 1. The van der Waals surface area contributed by atoms with Crippen LogP contribution in [-0.2, 0) is 4.79 Å². The number of rotatable bonds is 4. The summed E-state index contributed by atoms with van der Waals surface area (Å²) in [6.45, 7) is 3.43. The number of benzene rings is 1. The molecule has 0 saturated carbocycles. The Morgan fingerprint density at radius 2 is 2.05 bits per heavy atom. The van der Waals surface area contributed by atoms with Crippen LogP contribution in [-0.4, -0.2) is 42.5 Å². The van der Waals surface area contributed by atoms with Gasteiger partial charge in [-0.05, 0) is 31.5 Å². The van der Waals surface area contributed by atoms with Crippen LogP contribution in [0, 0.1) is 0 Å². The van der Waals surface area contributed by atoms with Crippen LogP contribution in [0.3, 0.4) is 0 Å². The third-order valence-corrected chi connectivity index (χ3v) is 3.81. The third-order valence-electron chi connectivity index (χ3n) is 3.81. The molecule has 0 spiro atoms. The number of hydrazine groups is 1. The molecule has 0 radical (unpaired) electrons. The van der Waals surface area contributed by atoms with Gasteiger partial charge in [0.25, 0.3) is 11.8 Å². The smallest absolute Gasteiger partial charge is 0.344 e. The fourth-order valence-corrected chi connectivity index (χ4v) is 2.12. The Kier molecular flexibility index (Phi) is 4.07. The Balaban J connectivity index is 2.17. The van der Waals surface area contributed by atoms with Gasteiger partial charge in [0.05, 0.1) is 0 Å². The summed E-state index contributed by atoms with van der Waals surface area (Å²) in [7, 11) is 3.72. The van der Waals surface area contributed by atoms with E-state index in [9.17, 15) is 14.4 Å². The molecule has 0 unspecified atom stereocenters. The van der Waals surface area contributed by atoms with Crippen LogP contribution in [0.4, 0.5) is 10.5 Å². The molecule has 22 heavy (non-hydrogen) atoms. The highest BCUT2D eigenvalue weighted by Gasteiger charge is 2.47. The van der Waals surface area contributed by atoms with Gasteiger partial charge in [-0.1, -0.05) is 13.0 Å². The summed E-state index contributed by atoms with van der Waals surface area (Å²) >= 11 is 0. The lowest BCUT2D eigenvalue weighted by Gasteiger charge is -2.19. The molecule has 7 heteroatoms. The van der Waals surface area contributed by atoms with Crippen LogP contribution in [0.2, 0.25) is 0 Å². The van der Waals surface area contributed by atoms with E-state index in [1.54, 1.807) is 32.0 Å². The maximum absolute atomic E-state index is 12.3. The fourth-order valence-electron chi connectivity index (χ4n) is 2.12. The van der Waals surface area contributed by atoms with Gasteiger partial charge >= 0.3 is 6.03 Å². The number of carbonyl (C=O) groups excluding carboxylic acids is 3. The molecule has 1 aliphatic rings. The maximum atomic E-state index is 12.3. The zero-order valence-corrected chi connectivity index (χ0v) is 13.1. The van der Waals surface area contributed by atoms with E-state index < -0.39 is 23.4 Å². The van der Waals surface area contributed by atoms with E-state index in [0.29, 0.717) is 12.0 Å². The van der Waals surface area contributed by atoms with E-state index in [4.69, 9.17) is 0 Å². The number of urea groups is 1. The van der Waals surface area contributed by atoms with Gasteiger partial charge in [0.15, 0.2) is 0 Å². The summed E-state index contributed by atoms with van der Waals surface area (Å²) in [5.74, 6) is -0.968. The lowest BCUT2D eigenvalue weighted by atomic mass is 10.00. The van der Waals surface area contributed by atoms with Crippen molar-refractivity contribution in [2.24, 2.45) is 0 Å². The second kappa shape index (κ2) is 5.67. The zero-order valence-electron chi connectivity index (χ0n) is 13.1. The summed E-state index contributed by atoms with van der Waals surface area (Å²) in [6, 6.07) is 6.30. The molecule has 2 rings (SSSR count). The van der Waals surface area contributed by atoms with Gasteiger partial charge in [-0.25, -0.2) is 4.79 Å². The Hall–Kier alpha value is -2.57. The van der Waals surface area contributed by atoms with E-state index in [0.717, 1.165) is 10.7 Å². The molecule has 1 aromatic rings. The van der Waals surface area contributed by atoms with Gasteiger partial charge in [0.1, 0.15) is 5.54 Å². The van der Waals surface area contributed by atoms with E-state index in [1.807, 2.05) is 25.1 Å². The molecule has 1 aromatic carbocycles. The molecule has 1 saturated heterocycles. The number of amides is 4. The first-order chi connectivity index (χ1) is 10.3. The standard InChI is InChI=1S/C15H20N4O3/c1-5-15(2)13(21)19(14(22)16-15)17-12(20)10-7-6-8-11(9-10)18(3)4/h6-9H,5H2,1-4H3,(H,16,22)(H,17,20)/t15-/m1/s1. The van der Waals surface area contributed by atoms with Gasteiger partial charge in [0.2, 0.25) is 0 Å². The van der Waals surface area contributed by atoms with Crippen LogP contribution in [0.15, 0.2) is 24.3 Å². The van der Waals surface area contributed by atoms with Gasteiger partial charge in [-0.2, -0.15) is 5.01 Å². The van der Waals surface area contributed by atoms with Crippen LogP contribution in [0.5, 0.6) is 0 Å². The lowest BCUT2D eigenvalue weighted by molar-refractivity contribution is -0.132. The van der Waals surface area contributed by atoms with Crippen molar-refractivity contribution in [3.8, 4) is 0 Å². The van der Waals surface area contributed by atoms with Crippen molar-refractivity contribution in [3.63, 3.8) is 0 Å². The monoisotopic (exact) mass is 304 g/mol. The Morgan fingerprint density at radius 1 is 1.36 bits per heavy atom. The molecule has 1 fully saturated rings. The van der Waals surface area contributed by atoms with E-state index in [2.05, 4.69) is 10.7 Å². The normalized spacial score (nSPS) is 20.8. The maximum Gasteiger partial charge on any atom is 0.344 e. The van der Waals surface area contributed by atoms with Gasteiger partial charge in [-0.15, -0.1) is 0 Å². The summed E-state index contributed by atoms with van der Waals surface area (Å²) in [6.07, 6.45) is 0.445. The van der Waals surface area contributed by atoms with Crippen LogP contribution < -0.4 is 15.6 Å². The lowest BCUT2D eigenvalue weighted by Crippen LogP contribution is -2.48. The zero-order chi connectivity index (χ0) is 16.5. The average Bonchev–Trinajstić information content (AvgIpc) is 2.71. The van der Waals surface area contributed by atoms with Crippen molar-refractivity contribution in [1.82, 2.24) is 15.8 Å². The molecular weight excluding hydrogens is 284 g/mol. The highest BCUT2D eigenvalue weighted by molar-refractivity contribution is 6.09. The highest BCUT2D eigenvalue weighted by Crippen LogP contribution is 2.20. The first-order valence-corrected chi connectivity index (χ1v) is 7.03. The molecule has 4 amide bonds. The van der Waals surface area contributed by atoms with Crippen LogP contribution >= 0.6 is 0 Å². The SMILES string of the molecule is CC[C@@]1(C)NC(=O)N(NC(=O)c2cccc(N(C)C)c2)C1=O. The molecule has 7 nitrogen and oxygen atoms in total. The van der Waals surface area contributed by atoms with Gasteiger partial charge < -0.3 is 10.2 Å². The van der Waals surface area contributed by atoms with Crippen molar-refractivity contribution >= 4 is 23.5 Å². The quantitative estimate of drug-likeness (QED) is 0.817. The number of hydrogen-bond donors (Lipinski definition) is 2. The van der Waals surface area contributed by atoms with Crippen molar-refractivity contribution in [1.29, 1.82) is 0 Å². The van der Waals surface area contributed by atoms with Gasteiger partial charge in [0, 0.05) is 25.3 Å². The van der Waals surface area contributed by atoms with Crippen LogP contribution in [0.25, 0.3) is 0 Å². The van der Waals surface area contributed by atoms with Crippen molar-refractivity contribution in [2.75, 3.05) is 19.0 Å². The molecule has 0 aromatic heterocycles. The second-order valence-electron chi connectivity index (χ2n) is 5.64. The fraction of sp³-hybridized carbons (Fsp3) is 0.400. The number of carbonyl (C=O) groups is 3. The van der Waals surface area contributed by atoms with E-state index in [-0.39, 0.29) is 0 Å². The number of nitrogens with zero attached hydrogens (tertiary/aromatic N) is 2. The highest BCUT2D eigenvalue weighted by atomic mass is 16.2. The van der Waals surface area contributed by atoms with Crippen molar-refractivity contribution in [3.05, 3.63) is 29.8 Å². The largest absolute Gasteiger partial charge is 0.378 e. The Bertz CT molecular complexity index is 629. The molecule has 0 aliphatic carbocycles. The average molecular weight is 304 g/mol. The van der Waals surface area contributed by atoms with Crippen LogP contribution in [0.1, 0.15) is 30.6 Å². The molecule has 2 N–H and O–H groups in total. The van der Waals surface area contributed by atoms with Crippen molar-refractivity contribution in [2.45, 2.75) is 25.8 Å². The summed E-state index contributed by atoms with van der Waals surface area (Å²) < 4.78 is 0. The first kappa shape index (κ1) is 15.8. The molecule has 1 heterocycles. The number of imide groups is 1. The Morgan fingerprint density at radius 3 is 2.59 bits per heavy atom. The predicted molar refractivity (Wildman–Crippen MR) is 82.3 cm³/mol. The molecule has 118 valence electrons. The number of nitrogens with one attached hydrogen (secondary N) is 2. The second-order valence-corrected chi connectivity index (χ2v) is 5.64. The number of hydrogen-bond acceptors (Lipinski definition) is 4. The predicted octanol–water partition coefficient (Wildman–Crippen LogP) is 1.12. The molecule has 1 aliphatic heterocycles. The van der Waals surface area contributed by atoms with E-state index in [1.165, 1.54) is 0 Å². The van der Waals surface area contributed by atoms with Crippen molar-refractivity contribution < 1.29 is 14.4 Å². The summed E-state index contributed by atoms with van der Waals surface area (Å²) in [5, 5.41) is 3.32. The summed E-state index contributed by atoms with van der Waals surface area (Å²) in [4.78, 5) is 38.2. The Labute approximate surface area is 129 Å². The third kappa shape index (κ3) is 2.74. The first-order valence-electron chi connectivity index (χ1n) is 7.03. The topological polar surface area (TPSA) is 81.8 Å². The summed E-state index contributed by atoms with van der Waals surface area (Å²) in [5.41, 5.74) is 2.61. The minimum absolute atomic E-state index is 0.372. The molecular formula is C15H20N4O3. The van der Waals surface area contributed by atoms with Gasteiger partial charge in [-0.3, -0.25) is 15.0 Å².